The Labute approximate surface area is 139 Å². The fraction of sp³-hybridized carbons (Fsp3) is 0.235. The van der Waals surface area contributed by atoms with Gasteiger partial charge in [0.2, 0.25) is 6.41 Å². The summed E-state index contributed by atoms with van der Waals surface area (Å²) in [5, 5.41) is 16.0. The number of aliphatic imine (C=N–C) groups is 2. The summed E-state index contributed by atoms with van der Waals surface area (Å²) in [5.41, 5.74) is 1.78. The molecule has 0 saturated heterocycles. The molecule has 3 N–H and O–H groups in total. The topological polar surface area (TPSA) is 95.3 Å². The number of benzene rings is 1. The van der Waals surface area contributed by atoms with Gasteiger partial charge in [0.25, 0.3) is 0 Å². The van der Waals surface area contributed by atoms with Crippen molar-refractivity contribution in [1.29, 1.82) is 0 Å². The molecule has 7 heteroatoms. The zero-order valence-electron chi connectivity index (χ0n) is 13.1. The number of aliphatic hydroxyl groups is 1. The van der Waals surface area contributed by atoms with Gasteiger partial charge >= 0.3 is 0 Å². The first kappa shape index (κ1) is 15.8. The maximum Gasteiger partial charge on any atom is 0.207 e. The van der Waals surface area contributed by atoms with Crippen LogP contribution in [-0.2, 0) is 16.1 Å². The third-order valence-corrected chi connectivity index (χ3v) is 3.91. The van der Waals surface area contributed by atoms with Crippen molar-refractivity contribution >= 4 is 24.3 Å². The van der Waals surface area contributed by atoms with Crippen LogP contribution in [0, 0.1) is 5.92 Å². The van der Waals surface area contributed by atoms with Crippen LogP contribution in [0.15, 0.2) is 57.9 Å². The quantitative estimate of drug-likeness (QED) is 0.719. The van der Waals surface area contributed by atoms with E-state index in [-0.39, 0.29) is 17.7 Å². The Bertz CT molecular complexity index is 752. The fourth-order valence-electron chi connectivity index (χ4n) is 2.70. The first-order valence-corrected chi connectivity index (χ1v) is 7.51. The minimum Gasteiger partial charge on any atom is -0.504 e. The zero-order valence-corrected chi connectivity index (χ0v) is 13.1. The summed E-state index contributed by atoms with van der Waals surface area (Å²) in [5.74, 6) is 0.944. The number of amidine groups is 1. The Hall–Kier alpha value is -3.09. The largest absolute Gasteiger partial charge is 0.504 e. The number of para-hydroxylation sites is 1. The van der Waals surface area contributed by atoms with Crippen LogP contribution in [0.2, 0.25) is 0 Å². The molecule has 1 aromatic carbocycles. The molecule has 1 aliphatic carbocycles. The number of ether oxygens (including phenoxy) is 1. The van der Waals surface area contributed by atoms with Gasteiger partial charge in [0.15, 0.2) is 11.5 Å². The number of rotatable bonds is 5. The summed E-state index contributed by atoms with van der Waals surface area (Å²) in [6, 6.07) is 7.45. The lowest BCUT2D eigenvalue weighted by Gasteiger charge is -2.28. The number of nitrogens with one attached hydrogen (secondary N) is 2. The van der Waals surface area contributed by atoms with Gasteiger partial charge in [0.1, 0.15) is 12.2 Å². The molecule has 124 valence electrons. The molecule has 2 atom stereocenters. The van der Waals surface area contributed by atoms with Gasteiger partial charge in [0.05, 0.1) is 19.1 Å². The second-order valence-corrected chi connectivity index (χ2v) is 5.36. The monoisotopic (exact) mass is 326 g/mol. The highest BCUT2D eigenvalue weighted by Gasteiger charge is 2.31. The number of fused-ring (bicyclic) bond motifs is 1. The van der Waals surface area contributed by atoms with Crippen molar-refractivity contribution in [2.24, 2.45) is 15.9 Å². The maximum atomic E-state index is 10.5. The normalized spacial score (nSPS) is 21.8. The molecule has 1 amide bonds. The number of hydrogen-bond donors (Lipinski definition) is 3. The molecule has 1 aliphatic heterocycles. The van der Waals surface area contributed by atoms with Gasteiger partial charge in [-0.3, -0.25) is 9.79 Å². The van der Waals surface area contributed by atoms with Crippen molar-refractivity contribution in [2.45, 2.75) is 12.6 Å². The molecule has 0 spiro atoms. The van der Waals surface area contributed by atoms with Crippen molar-refractivity contribution < 1.29 is 14.6 Å². The van der Waals surface area contributed by atoms with Crippen molar-refractivity contribution in [3.8, 4) is 0 Å². The van der Waals surface area contributed by atoms with E-state index in [1.807, 2.05) is 24.3 Å². The highest BCUT2D eigenvalue weighted by atomic mass is 16.5. The van der Waals surface area contributed by atoms with Crippen LogP contribution in [0.25, 0.3) is 0 Å². The van der Waals surface area contributed by atoms with Gasteiger partial charge in [-0.1, -0.05) is 18.2 Å². The van der Waals surface area contributed by atoms with E-state index in [1.54, 1.807) is 12.2 Å². The molecule has 24 heavy (non-hydrogen) atoms. The summed E-state index contributed by atoms with van der Waals surface area (Å²) in [7, 11) is 1.51. The third-order valence-electron chi connectivity index (χ3n) is 3.91. The number of aliphatic hydroxyl groups excluding tert-OH is 1. The van der Waals surface area contributed by atoms with Gasteiger partial charge in [-0.05, 0) is 23.8 Å². The Morgan fingerprint density at radius 2 is 2.17 bits per heavy atom. The molecule has 3 rings (SSSR count). The summed E-state index contributed by atoms with van der Waals surface area (Å²) in [4.78, 5) is 19.2. The van der Waals surface area contributed by atoms with Gasteiger partial charge in [-0.15, -0.1) is 0 Å². The van der Waals surface area contributed by atoms with Crippen LogP contribution < -0.4 is 10.6 Å². The molecule has 1 aromatic rings. The molecular formula is C17H18N4O3. The van der Waals surface area contributed by atoms with E-state index in [1.165, 1.54) is 13.4 Å². The number of hydrogen-bond acceptors (Lipinski definition) is 6. The Morgan fingerprint density at radius 1 is 1.33 bits per heavy atom. The summed E-state index contributed by atoms with van der Waals surface area (Å²) in [6.07, 6.45) is 5.61. The van der Waals surface area contributed by atoms with Crippen LogP contribution in [0.5, 0.6) is 0 Å². The Balaban J connectivity index is 1.84. The number of methoxy groups -OCH3 is 1. The van der Waals surface area contributed by atoms with Crippen LogP contribution in [0.3, 0.4) is 0 Å². The molecule has 0 saturated carbocycles. The van der Waals surface area contributed by atoms with E-state index in [4.69, 9.17) is 4.74 Å². The maximum absolute atomic E-state index is 10.5. The number of carbonyl (C=O) groups excluding carboxylic acids is 1. The minimum absolute atomic E-state index is 0.0706. The standard InChI is InChI=1S/C17H18N4O3/c1-24-16-7-14-12(6-15(16)23)17(20-9-19-14)21-13-5-3-2-4-11(13)8-18-10-22/h2-7,9-10,12,14,23H,8H2,1H3,(H,18,22)(H,19,20,21). The Kier molecular flexibility index (Phi) is 4.60. The molecule has 7 nitrogen and oxygen atoms in total. The molecule has 2 unspecified atom stereocenters. The number of amides is 1. The molecule has 0 aromatic heterocycles. The minimum atomic E-state index is -0.207. The predicted molar refractivity (Wildman–Crippen MR) is 92.0 cm³/mol. The van der Waals surface area contributed by atoms with Crippen LogP contribution in [0.4, 0.5) is 5.69 Å². The van der Waals surface area contributed by atoms with Crippen molar-refractivity contribution in [2.75, 3.05) is 12.4 Å². The fourth-order valence-corrected chi connectivity index (χ4v) is 2.70. The average Bonchev–Trinajstić information content (AvgIpc) is 2.61. The molecule has 0 bridgehead atoms. The van der Waals surface area contributed by atoms with Gasteiger partial charge in [-0.2, -0.15) is 0 Å². The van der Waals surface area contributed by atoms with Gasteiger partial charge < -0.3 is 20.5 Å². The Morgan fingerprint density at radius 3 is 2.96 bits per heavy atom. The molecule has 2 aliphatic rings. The zero-order chi connectivity index (χ0) is 16.9. The number of nitrogens with zero attached hydrogens (tertiary/aromatic N) is 2. The van der Waals surface area contributed by atoms with E-state index in [9.17, 15) is 9.90 Å². The van der Waals surface area contributed by atoms with Crippen LogP contribution in [0.1, 0.15) is 5.56 Å². The summed E-state index contributed by atoms with van der Waals surface area (Å²) < 4.78 is 5.14. The molecule has 0 radical (unpaired) electrons. The van der Waals surface area contributed by atoms with Crippen LogP contribution in [-0.4, -0.2) is 36.8 Å². The predicted octanol–water partition coefficient (Wildman–Crippen LogP) is 1.76. The van der Waals surface area contributed by atoms with E-state index in [2.05, 4.69) is 20.6 Å². The third kappa shape index (κ3) is 3.15. The summed E-state index contributed by atoms with van der Waals surface area (Å²) in [6.45, 7) is 0.414. The molecular weight excluding hydrogens is 308 g/mol. The highest BCUT2D eigenvalue weighted by molar-refractivity contribution is 6.04. The number of anilines is 1. The van der Waals surface area contributed by atoms with E-state index in [0.717, 1.165) is 11.3 Å². The average molecular weight is 326 g/mol. The first-order chi connectivity index (χ1) is 11.7. The van der Waals surface area contributed by atoms with Crippen LogP contribution >= 0.6 is 0 Å². The molecule has 0 fully saturated rings. The van der Waals surface area contributed by atoms with Gasteiger partial charge in [0, 0.05) is 12.2 Å². The van der Waals surface area contributed by atoms with E-state index >= 15 is 0 Å². The van der Waals surface area contributed by atoms with E-state index in [0.29, 0.717) is 24.5 Å². The van der Waals surface area contributed by atoms with Gasteiger partial charge in [-0.25, -0.2) is 4.99 Å². The van der Waals surface area contributed by atoms with E-state index < -0.39 is 0 Å². The smallest absolute Gasteiger partial charge is 0.207 e. The molecule has 1 heterocycles. The number of carbonyl (C=O) groups is 1. The highest BCUT2D eigenvalue weighted by Crippen LogP contribution is 2.28. The lowest BCUT2D eigenvalue weighted by molar-refractivity contribution is -0.109. The van der Waals surface area contributed by atoms with Crippen molar-refractivity contribution in [3.05, 3.63) is 53.5 Å². The lowest BCUT2D eigenvalue weighted by Crippen LogP contribution is -2.35. The SMILES string of the molecule is COC1=CC2N=CN=C(Nc3ccccc3CNC=O)C2C=C1O. The second kappa shape index (κ2) is 6.99. The van der Waals surface area contributed by atoms with Crippen molar-refractivity contribution in [3.63, 3.8) is 0 Å². The second-order valence-electron chi connectivity index (χ2n) is 5.36. The van der Waals surface area contributed by atoms with Crippen molar-refractivity contribution in [1.82, 2.24) is 5.32 Å². The first-order valence-electron chi connectivity index (χ1n) is 7.51. The lowest BCUT2D eigenvalue weighted by atomic mass is 9.91. The summed E-state index contributed by atoms with van der Waals surface area (Å²) >= 11 is 0.